The van der Waals surface area contributed by atoms with Crippen molar-refractivity contribution in [3.8, 4) is 5.75 Å². The highest BCUT2D eigenvalue weighted by molar-refractivity contribution is 6.07. The molecule has 220 valence electrons. The number of benzene rings is 1. The maximum absolute atomic E-state index is 13.2. The van der Waals surface area contributed by atoms with Crippen LogP contribution in [0.15, 0.2) is 42.6 Å². The molecule has 41 heavy (non-hydrogen) atoms. The van der Waals surface area contributed by atoms with E-state index in [1.807, 2.05) is 19.1 Å². The number of carboxylic acid groups (broad SMARTS) is 1. The molecule has 0 bridgehead atoms. The van der Waals surface area contributed by atoms with E-state index in [2.05, 4.69) is 4.98 Å². The molecule has 1 aromatic heterocycles. The fourth-order valence-electron chi connectivity index (χ4n) is 5.22. The van der Waals surface area contributed by atoms with Crippen LogP contribution < -0.4 is 9.64 Å². The quantitative estimate of drug-likeness (QED) is 0.490. The highest BCUT2D eigenvalue weighted by Gasteiger charge is 2.55. The molecule has 3 heterocycles. The van der Waals surface area contributed by atoms with Crippen molar-refractivity contribution in [2.75, 3.05) is 25.1 Å². The number of carbonyl (C=O) groups excluding carboxylic acids is 3. The summed E-state index contributed by atoms with van der Waals surface area (Å²) in [7, 11) is 1.57. The monoisotopic (exact) mass is 566 g/mol. The molecule has 0 spiro atoms. The van der Waals surface area contributed by atoms with E-state index in [4.69, 9.17) is 9.47 Å². The number of rotatable bonds is 7. The number of β-lactam (4-membered cyclic amide) rings is 1. The second-order valence-electron chi connectivity index (χ2n) is 11.7. The average molecular weight is 567 g/mol. The number of amides is 4. The van der Waals surface area contributed by atoms with Crippen LogP contribution in [0.2, 0.25) is 0 Å². The second kappa shape index (κ2) is 12.2. The number of methoxy groups -OCH3 is 1. The van der Waals surface area contributed by atoms with Gasteiger partial charge in [-0.3, -0.25) is 9.69 Å². The number of urea groups is 1. The van der Waals surface area contributed by atoms with Crippen LogP contribution in [0.1, 0.15) is 51.7 Å². The van der Waals surface area contributed by atoms with E-state index < -0.39 is 41.6 Å². The molecular formula is C30H38N4O7. The van der Waals surface area contributed by atoms with Crippen LogP contribution >= 0.6 is 0 Å². The molecule has 2 aromatic rings. The van der Waals surface area contributed by atoms with Gasteiger partial charge in [0.25, 0.3) is 0 Å². The molecule has 2 fully saturated rings. The number of carbonyl (C=O) groups is 4. The third kappa shape index (κ3) is 6.96. The maximum atomic E-state index is 13.2. The minimum atomic E-state index is -1.26. The molecule has 3 atom stereocenters. The third-order valence-corrected chi connectivity index (χ3v) is 7.26. The molecule has 11 heteroatoms. The molecular weight excluding hydrogens is 528 g/mol. The second-order valence-corrected chi connectivity index (χ2v) is 11.7. The zero-order valence-corrected chi connectivity index (χ0v) is 24.2. The van der Waals surface area contributed by atoms with Gasteiger partial charge in [0.1, 0.15) is 17.2 Å². The Hall–Kier alpha value is -4.15. The smallest absolute Gasteiger partial charge is 0.416 e. The van der Waals surface area contributed by atoms with E-state index in [-0.39, 0.29) is 13.0 Å². The zero-order valence-electron chi connectivity index (χ0n) is 24.2. The number of anilines is 1. The minimum Gasteiger partial charge on any atom is -0.497 e. The van der Waals surface area contributed by atoms with Crippen molar-refractivity contribution in [1.82, 2.24) is 14.8 Å². The Morgan fingerprint density at radius 3 is 2.44 bits per heavy atom. The van der Waals surface area contributed by atoms with Crippen LogP contribution in [-0.4, -0.2) is 75.7 Å². The van der Waals surface area contributed by atoms with Gasteiger partial charge in [0.15, 0.2) is 6.04 Å². The standard InChI is InChI=1S/C30H38N4O7/c1-19-7-6-14-32(17-19)28(38)34-25(27(36)37)23(26(34)35)15-21-12-13-31-24(16-21)33(29(39)41-30(2,3)4)18-20-8-10-22(40-5)11-9-20/h8-13,16,19,23,25H,6-7,14-15,17-18H2,1-5H3,(H,36,37)/t19-,23+,25-/m0/s1. The van der Waals surface area contributed by atoms with Gasteiger partial charge in [-0.1, -0.05) is 19.1 Å². The van der Waals surface area contributed by atoms with Crippen molar-refractivity contribution in [2.24, 2.45) is 11.8 Å². The fraction of sp³-hybridized carbons (Fsp3) is 0.500. The first-order chi connectivity index (χ1) is 19.4. The summed E-state index contributed by atoms with van der Waals surface area (Å²) in [6.45, 7) is 8.51. The van der Waals surface area contributed by atoms with Crippen LogP contribution in [0.25, 0.3) is 0 Å². The summed E-state index contributed by atoms with van der Waals surface area (Å²) in [6, 6.07) is 8.76. The van der Waals surface area contributed by atoms with Crippen LogP contribution in [0.4, 0.5) is 15.4 Å². The van der Waals surface area contributed by atoms with Gasteiger partial charge in [-0.25, -0.2) is 24.3 Å². The number of hydrogen-bond donors (Lipinski definition) is 1. The molecule has 2 aliphatic heterocycles. The van der Waals surface area contributed by atoms with Crippen molar-refractivity contribution in [3.63, 3.8) is 0 Å². The Labute approximate surface area is 240 Å². The number of aliphatic carboxylic acids is 1. The SMILES string of the molecule is COc1ccc(CN(C(=O)OC(C)(C)C)c2cc(C[C@H]3C(=O)N(C(=O)N4CCC[C@H](C)C4)[C@@H]3C(=O)O)ccn2)cc1. The number of likely N-dealkylation sites (tertiary alicyclic amines) is 2. The molecule has 1 aromatic carbocycles. The lowest BCUT2D eigenvalue weighted by molar-refractivity contribution is -0.166. The lowest BCUT2D eigenvalue weighted by Crippen LogP contribution is -2.69. The highest BCUT2D eigenvalue weighted by atomic mass is 16.6. The fourth-order valence-corrected chi connectivity index (χ4v) is 5.22. The Morgan fingerprint density at radius 1 is 1.12 bits per heavy atom. The average Bonchev–Trinajstić information content (AvgIpc) is 2.92. The van der Waals surface area contributed by atoms with Crippen LogP contribution in [0.5, 0.6) is 5.75 Å². The number of aromatic nitrogens is 1. The van der Waals surface area contributed by atoms with E-state index >= 15 is 0 Å². The topological polar surface area (TPSA) is 130 Å². The minimum absolute atomic E-state index is 0.0796. The first kappa shape index (κ1) is 29.8. The first-order valence-electron chi connectivity index (χ1n) is 13.8. The van der Waals surface area contributed by atoms with Crippen molar-refractivity contribution in [3.05, 3.63) is 53.7 Å². The summed E-state index contributed by atoms with van der Waals surface area (Å²) >= 11 is 0. The number of piperidine rings is 1. The van der Waals surface area contributed by atoms with Crippen molar-refractivity contribution in [1.29, 1.82) is 0 Å². The van der Waals surface area contributed by atoms with E-state index in [0.29, 0.717) is 36.1 Å². The maximum Gasteiger partial charge on any atom is 0.416 e. The number of pyridine rings is 1. The molecule has 4 amide bonds. The predicted molar refractivity (Wildman–Crippen MR) is 150 cm³/mol. The Kier molecular flexibility index (Phi) is 8.84. The van der Waals surface area contributed by atoms with Gasteiger partial charge in [0, 0.05) is 19.3 Å². The molecule has 0 radical (unpaired) electrons. The van der Waals surface area contributed by atoms with Crippen LogP contribution in [0.3, 0.4) is 0 Å². The van der Waals surface area contributed by atoms with Gasteiger partial charge in [-0.05, 0) is 81.3 Å². The largest absolute Gasteiger partial charge is 0.497 e. The Bertz CT molecular complexity index is 1290. The number of hydrogen-bond acceptors (Lipinski definition) is 7. The summed E-state index contributed by atoms with van der Waals surface area (Å²) in [5, 5.41) is 9.94. The van der Waals surface area contributed by atoms with E-state index in [0.717, 1.165) is 23.3 Å². The van der Waals surface area contributed by atoms with Crippen molar-refractivity contribution in [2.45, 2.75) is 65.1 Å². The Morgan fingerprint density at radius 2 is 1.83 bits per heavy atom. The third-order valence-electron chi connectivity index (χ3n) is 7.26. The molecule has 2 saturated heterocycles. The molecule has 0 aliphatic carbocycles. The summed E-state index contributed by atoms with van der Waals surface area (Å²) in [6.07, 6.45) is 2.80. The summed E-state index contributed by atoms with van der Waals surface area (Å²) in [5.74, 6) is -1.38. The summed E-state index contributed by atoms with van der Waals surface area (Å²) in [4.78, 5) is 59.9. The number of carboxylic acids is 1. The van der Waals surface area contributed by atoms with E-state index in [1.54, 1.807) is 57.0 Å². The molecule has 4 rings (SSSR count). The van der Waals surface area contributed by atoms with E-state index in [9.17, 15) is 24.3 Å². The van der Waals surface area contributed by atoms with Gasteiger partial charge in [-0.15, -0.1) is 0 Å². The normalized spacial score (nSPS) is 20.7. The van der Waals surface area contributed by atoms with Gasteiger partial charge in [0.2, 0.25) is 5.91 Å². The highest BCUT2D eigenvalue weighted by Crippen LogP contribution is 2.33. The van der Waals surface area contributed by atoms with Crippen LogP contribution in [-0.2, 0) is 27.3 Å². The van der Waals surface area contributed by atoms with Crippen LogP contribution in [0, 0.1) is 11.8 Å². The van der Waals surface area contributed by atoms with Crippen molar-refractivity contribution < 1.29 is 33.8 Å². The molecule has 11 nitrogen and oxygen atoms in total. The van der Waals surface area contributed by atoms with Gasteiger partial charge >= 0.3 is 18.1 Å². The predicted octanol–water partition coefficient (Wildman–Crippen LogP) is 4.34. The molecule has 1 N–H and O–H groups in total. The van der Waals surface area contributed by atoms with E-state index in [1.165, 1.54) is 11.1 Å². The zero-order chi connectivity index (χ0) is 29.9. The summed E-state index contributed by atoms with van der Waals surface area (Å²) < 4.78 is 10.9. The first-order valence-corrected chi connectivity index (χ1v) is 13.8. The summed E-state index contributed by atoms with van der Waals surface area (Å²) in [5.41, 5.74) is 0.675. The molecule has 0 saturated carbocycles. The number of nitrogens with zero attached hydrogens (tertiary/aromatic N) is 4. The van der Waals surface area contributed by atoms with Gasteiger partial charge in [0.05, 0.1) is 19.6 Å². The molecule has 2 aliphatic rings. The number of imide groups is 1. The number of ether oxygens (including phenoxy) is 2. The Balaban J connectivity index is 1.55. The lowest BCUT2D eigenvalue weighted by atomic mass is 9.82. The van der Waals surface area contributed by atoms with Crippen molar-refractivity contribution >= 4 is 29.8 Å². The lowest BCUT2D eigenvalue weighted by Gasteiger charge is -2.46. The van der Waals surface area contributed by atoms with Gasteiger partial charge in [-0.2, -0.15) is 0 Å². The van der Waals surface area contributed by atoms with Gasteiger partial charge < -0.3 is 19.5 Å². The molecule has 0 unspecified atom stereocenters.